The van der Waals surface area contributed by atoms with Crippen molar-refractivity contribution in [1.82, 2.24) is 0 Å². The summed E-state index contributed by atoms with van der Waals surface area (Å²) in [4.78, 5) is 11.0. The van der Waals surface area contributed by atoms with Crippen LogP contribution in [-0.4, -0.2) is 12.3 Å². The van der Waals surface area contributed by atoms with Gasteiger partial charge in [0.1, 0.15) is 0 Å². The van der Waals surface area contributed by atoms with Gasteiger partial charge in [-0.15, -0.1) is 0 Å². The maximum Gasteiger partial charge on any atom is 0.308 e. The minimum Gasteiger partial charge on any atom is -0.435 e. The summed E-state index contributed by atoms with van der Waals surface area (Å²) in [5.74, 6) is -0.0122. The molecule has 2 atom stereocenters. The van der Waals surface area contributed by atoms with Crippen LogP contribution in [0, 0.1) is 5.92 Å². The van der Waals surface area contributed by atoms with Crippen molar-refractivity contribution in [3.05, 3.63) is 35.9 Å². The van der Waals surface area contributed by atoms with Gasteiger partial charge < -0.3 is 9.47 Å². The molecule has 1 heterocycles. The van der Waals surface area contributed by atoms with Gasteiger partial charge >= 0.3 is 5.97 Å². The van der Waals surface area contributed by atoms with Crippen molar-refractivity contribution >= 4 is 5.97 Å². The zero-order chi connectivity index (χ0) is 10.7. The standard InChI is InChI=1S/C12H14O3/c1-9-7-11(13)15-12(9)14-8-10-5-3-2-4-6-10/h2-6,9,12H,7-8H2,1H3/t9-,12?/m0/s1. The van der Waals surface area contributed by atoms with Crippen LogP contribution in [0.15, 0.2) is 30.3 Å². The van der Waals surface area contributed by atoms with Crippen LogP contribution in [0.4, 0.5) is 0 Å². The highest BCUT2D eigenvalue weighted by Gasteiger charge is 2.31. The van der Waals surface area contributed by atoms with E-state index in [0.29, 0.717) is 13.0 Å². The van der Waals surface area contributed by atoms with Crippen LogP contribution in [0.3, 0.4) is 0 Å². The van der Waals surface area contributed by atoms with Gasteiger partial charge in [0.2, 0.25) is 6.29 Å². The smallest absolute Gasteiger partial charge is 0.308 e. The fourth-order valence-corrected chi connectivity index (χ4v) is 1.60. The molecule has 0 bridgehead atoms. The number of rotatable bonds is 3. The molecule has 1 aromatic carbocycles. The summed E-state index contributed by atoms with van der Waals surface area (Å²) in [7, 11) is 0. The van der Waals surface area contributed by atoms with E-state index in [2.05, 4.69) is 0 Å². The van der Waals surface area contributed by atoms with E-state index >= 15 is 0 Å². The van der Waals surface area contributed by atoms with E-state index in [1.807, 2.05) is 37.3 Å². The van der Waals surface area contributed by atoms with E-state index < -0.39 is 0 Å². The maximum atomic E-state index is 11.0. The molecular weight excluding hydrogens is 192 g/mol. The Hall–Kier alpha value is -1.35. The van der Waals surface area contributed by atoms with Crippen LogP contribution in [0.2, 0.25) is 0 Å². The van der Waals surface area contributed by atoms with Gasteiger partial charge in [0.25, 0.3) is 0 Å². The van der Waals surface area contributed by atoms with Crippen molar-refractivity contribution in [2.24, 2.45) is 5.92 Å². The molecule has 1 saturated heterocycles. The number of cyclic esters (lactones) is 1. The molecule has 0 saturated carbocycles. The quantitative estimate of drug-likeness (QED) is 0.710. The van der Waals surface area contributed by atoms with Crippen LogP contribution >= 0.6 is 0 Å². The topological polar surface area (TPSA) is 35.5 Å². The lowest BCUT2D eigenvalue weighted by molar-refractivity contribution is -0.169. The zero-order valence-corrected chi connectivity index (χ0v) is 8.68. The molecule has 3 heteroatoms. The number of hydrogen-bond acceptors (Lipinski definition) is 3. The van der Waals surface area contributed by atoms with Crippen molar-refractivity contribution in [1.29, 1.82) is 0 Å². The predicted octanol–water partition coefficient (Wildman–Crippen LogP) is 2.11. The molecule has 1 aliphatic rings. The average molecular weight is 206 g/mol. The van der Waals surface area contributed by atoms with E-state index in [4.69, 9.17) is 9.47 Å². The SMILES string of the molecule is C[C@H]1CC(=O)OC1OCc1ccccc1. The van der Waals surface area contributed by atoms with Crippen molar-refractivity contribution in [2.75, 3.05) is 0 Å². The third-order valence-electron chi connectivity index (χ3n) is 2.46. The molecule has 0 aromatic heterocycles. The van der Waals surface area contributed by atoms with Crippen molar-refractivity contribution in [3.8, 4) is 0 Å². The Bertz CT molecular complexity index is 334. The summed E-state index contributed by atoms with van der Waals surface area (Å²) >= 11 is 0. The molecule has 1 aliphatic heterocycles. The van der Waals surface area contributed by atoms with Crippen molar-refractivity contribution in [3.63, 3.8) is 0 Å². The Morgan fingerprint density at radius 2 is 2.13 bits per heavy atom. The third-order valence-corrected chi connectivity index (χ3v) is 2.46. The Kier molecular flexibility index (Phi) is 3.02. The van der Waals surface area contributed by atoms with E-state index in [0.717, 1.165) is 5.56 Å². The molecular formula is C12H14O3. The van der Waals surface area contributed by atoms with Gasteiger partial charge in [0, 0.05) is 5.92 Å². The fraction of sp³-hybridized carbons (Fsp3) is 0.417. The summed E-state index contributed by atoms with van der Waals surface area (Å²) < 4.78 is 10.6. The molecule has 0 aliphatic carbocycles. The van der Waals surface area contributed by atoms with E-state index in [9.17, 15) is 4.79 Å². The Morgan fingerprint density at radius 3 is 2.73 bits per heavy atom. The predicted molar refractivity (Wildman–Crippen MR) is 54.9 cm³/mol. The summed E-state index contributed by atoms with van der Waals surface area (Å²) in [5.41, 5.74) is 1.09. The van der Waals surface area contributed by atoms with Crippen LogP contribution in [0.25, 0.3) is 0 Å². The third kappa shape index (κ3) is 2.57. The minimum atomic E-state index is -0.377. The Labute approximate surface area is 89.0 Å². The van der Waals surface area contributed by atoms with E-state index in [-0.39, 0.29) is 18.2 Å². The van der Waals surface area contributed by atoms with Gasteiger partial charge in [-0.2, -0.15) is 0 Å². The van der Waals surface area contributed by atoms with Gasteiger partial charge in [-0.3, -0.25) is 4.79 Å². The average Bonchev–Trinajstić information content (AvgIpc) is 2.56. The maximum absolute atomic E-state index is 11.0. The largest absolute Gasteiger partial charge is 0.435 e. The van der Waals surface area contributed by atoms with Gasteiger partial charge in [-0.25, -0.2) is 0 Å². The first-order valence-corrected chi connectivity index (χ1v) is 5.11. The fourth-order valence-electron chi connectivity index (χ4n) is 1.60. The number of esters is 1. The lowest BCUT2D eigenvalue weighted by Gasteiger charge is -2.14. The molecule has 2 rings (SSSR count). The number of carbonyl (C=O) groups excluding carboxylic acids is 1. The second kappa shape index (κ2) is 4.45. The molecule has 0 N–H and O–H groups in total. The zero-order valence-electron chi connectivity index (χ0n) is 8.68. The number of ether oxygens (including phenoxy) is 2. The molecule has 1 aromatic rings. The lowest BCUT2D eigenvalue weighted by atomic mass is 10.1. The molecule has 3 nitrogen and oxygen atoms in total. The van der Waals surface area contributed by atoms with Crippen LogP contribution < -0.4 is 0 Å². The lowest BCUT2D eigenvalue weighted by Crippen LogP contribution is -2.17. The summed E-state index contributed by atoms with van der Waals surface area (Å²) in [6.45, 7) is 2.45. The normalized spacial score (nSPS) is 25.3. The van der Waals surface area contributed by atoms with Crippen LogP contribution in [-0.2, 0) is 20.9 Å². The van der Waals surface area contributed by atoms with Crippen LogP contribution in [0.1, 0.15) is 18.9 Å². The number of benzene rings is 1. The molecule has 0 spiro atoms. The minimum absolute atomic E-state index is 0.154. The first-order valence-electron chi connectivity index (χ1n) is 5.11. The highest BCUT2D eigenvalue weighted by atomic mass is 16.7. The summed E-state index contributed by atoms with van der Waals surface area (Å²) in [6.07, 6.45) is 0.0807. The molecule has 0 amide bonds. The van der Waals surface area contributed by atoms with Crippen LogP contribution in [0.5, 0.6) is 0 Å². The Balaban J connectivity index is 1.86. The van der Waals surface area contributed by atoms with Crippen molar-refractivity contribution in [2.45, 2.75) is 26.2 Å². The molecule has 1 unspecified atom stereocenters. The first-order chi connectivity index (χ1) is 7.25. The number of carbonyl (C=O) groups is 1. The van der Waals surface area contributed by atoms with E-state index in [1.165, 1.54) is 0 Å². The van der Waals surface area contributed by atoms with Gasteiger partial charge in [-0.1, -0.05) is 37.3 Å². The highest BCUT2D eigenvalue weighted by molar-refractivity contribution is 5.71. The van der Waals surface area contributed by atoms with E-state index in [1.54, 1.807) is 0 Å². The second-order valence-electron chi connectivity index (χ2n) is 3.84. The molecule has 1 fully saturated rings. The van der Waals surface area contributed by atoms with Crippen molar-refractivity contribution < 1.29 is 14.3 Å². The van der Waals surface area contributed by atoms with Gasteiger partial charge in [-0.05, 0) is 5.56 Å². The molecule has 80 valence electrons. The first kappa shape index (κ1) is 10.2. The van der Waals surface area contributed by atoms with Gasteiger partial charge in [0.05, 0.1) is 13.0 Å². The monoisotopic (exact) mass is 206 g/mol. The highest BCUT2D eigenvalue weighted by Crippen LogP contribution is 2.23. The summed E-state index contributed by atoms with van der Waals surface area (Å²) in [5, 5.41) is 0. The van der Waals surface area contributed by atoms with Gasteiger partial charge in [0.15, 0.2) is 0 Å². The molecule has 0 radical (unpaired) electrons. The second-order valence-corrected chi connectivity index (χ2v) is 3.84. The number of hydrogen-bond donors (Lipinski definition) is 0. The molecule has 15 heavy (non-hydrogen) atoms. The summed E-state index contributed by atoms with van der Waals surface area (Å²) in [6, 6.07) is 9.86. The Morgan fingerprint density at radius 1 is 1.40 bits per heavy atom.